The quantitative estimate of drug-likeness (QED) is 0.621. The molecule has 0 aliphatic carbocycles. The van der Waals surface area contributed by atoms with Crippen LogP contribution in [0, 0.1) is 13.8 Å². The van der Waals surface area contributed by atoms with E-state index in [0.717, 1.165) is 16.8 Å². The lowest BCUT2D eigenvalue weighted by molar-refractivity contribution is 0.431. The topological polar surface area (TPSA) is 80.5 Å². The Labute approximate surface area is 138 Å². The standard InChI is InChI=1S/C18H15N5O/c1-11-5-6-13(8-12(11)2)15-9-16(22-21-15)18-20-17(23-24-18)14-4-3-7-19-10-14/h3-10H,1-2H3,(H,21,22). The van der Waals surface area contributed by atoms with Gasteiger partial charge in [-0.1, -0.05) is 17.3 Å². The molecule has 0 unspecified atom stereocenters. The number of pyridine rings is 1. The average molecular weight is 317 g/mol. The van der Waals surface area contributed by atoms with Crippen LogP contribution in [0.2, 0.25) is 0 Å². The molecule has 0 aliphatic heterocycles. The van der Waals surface area contributed by atoms with Crippen LogP contribution in [0.4, 0.5) is 0 Å². The summed E-state index contributed by atoms with van der Waals surface area (Å²) in [5.74, 6) is 0.900. The molecule has 0 saturated carbocycles. The van der Waals surface area contributed by atoms with E-state index < -0.39 is 0 Å². The van der Waals surface area contributed by atoms with E-state index in [4.69, 9.17) is 4.52 Å². The summed E-state index contributed by atoms with van der Waals surface area (Å²) in [6.45, 7) is 4.18. The van der Waals surface area contributed by atoms with E-state index in [1.54, 1.807) is 12.4 Å². The molecule has 1 aromatic carbocycles. The summed E-state index contributed by atoms with van der Waals surface area (Å²) < 4.78 is 5.34. The highest BCUT2D eigenvalue weighted by Crippen LogP contribution is 2.25. The van der Waals surface area contributed by atoms with Crippen molar-refractivity contribution in [2.75, 3.05) is 0 Å². The number of aryl methyl sites for hydroxylation is 2. The highest BCUT2D eigenvalue weighted by Gasteiger charge is 2.14. The fourth-order valence-corrected chi connectivity index (χ4v) is 2.43. The van der Waals surface area contributed by atoms with Gasteiger partial charge in [-0.2, -0.15) is 10.1 Å². The Kier molecular flexibility index (Phi) is 3.42. The van der Waals surface area contributed by atoms with Gasteiger partial charge < -0.3 is 4.52 Å². The van der Waals surface area contributed by atoms with Gasteiger partial charge in [0.05, 0.1) is 5.69 Å². The average Bonchev–Trinajstić information content (AvgIpc) is 3.27. The molecule has 0 bridgehead atoms. The highest BCUT2D eigenvalue weighted by molar-refractivity contribution is 5.66. The van der Waals surface area contributed by atoms with E-state index in [-0.39, 0.29) is 0 Å². The van der Waals surface area contributed by atoms with Crippen molar-refractivity contribution in [3.63, 3.8) is 0 Å². The molecule has 0 fully saturated rings. The maximum atomic E-state index is 5.34. The van der Waals surface area contributed by atoms with Crippen molar-refractivity contribution in [2.45, 2.75) is 13.8 Å². The summed E-state index contributed by atoms with van der Waals surface area (Å²) >= 11 is 0. The van der Waals surface area contributed by atoms with Crippen molar-refractivity contribution in [2.24, 2.45) is 0 Å². The van der Waals surface area contributed by atoms with Crippen LogP contribution in [0.5, 0.6) is 0 Å². The van der Waals surface area contributed by atoms with Crippen LogP contribution < -0.4 is 0 Å². The first kappa shape index (κ1) is 14.3. The number of aromatic nitrogens is 5. The number of benzene rings is 1. The van der Waals surface area contributed by atoms with Gasteiger partial charge in [-0.05, 0) is 49.2 Å². The minimum atomic E-state index is 0.399. The second kappa shape index (κ2) is 5.73. The van der Waals surface area contributed by atoms with E-state index >= 15 is 0 Å². The fourth-order valence-electron chi connectivity index (χ4n) is 2.43. The summed E-state index contributed by atoms with van der Waals surface area (Å²) in [6, 6.07) is 11.9. The Hall–Kier alpha value is -3.28. The van der Waals surface area contributed by atoms with Gasteiger partial charge in [0.15, 0.2) is 0 Å². The third kappa shape index (κ3) is 2.58. The van der Waals surface area contributed by atoms with Crippen molar-refractivity contribution in [1.29, 1.82) is 0 Å². The first-order valence-electron chi connectivity index (χ1n) is 7.58. The molecule has 0 aliphatic rings. The van der Waals surface area contributed by atoms with Crippen LogP contribution in [-0.4, -0.2) is 25.3 Å². The van der Waals surface area contributed by atoms with Crippen molar-refractivity contribution >= 4 is 0 Å². The molecule has 1 N–H and O–H groups in total. The lowest BCUT2D eigenvalue weighted by Crippen LogP contribution is -1.83. The Bertz CT molecular complexity index is 988. The molecule has 3 heterocycles. The van der Waals surface area contributed by atoms with E-state index in [1.165, 1.54) is 11.1 Å². The zero-order valence-corrected chi connectivity index (χ0v) is 13.3. The fraction of sp³-hybridized carbons (Fsp3) is 0.111. The van der Waals surface area contributed by atoms with Gasteiger partial charge in [0.25, 0.3) is 5.89 Å². The maximum Gasteiger partial charge on any atom is 0.276 e. The van der Waals surface area contributed by atoms with Crippen LogP contribution in [0.1, 0.15) is 11.1 Å². The number of nitrogens with one attached hydrogen (secondary N) is 1. The molecule has 0 radical (unpaired) electrons. The van der Waals surface area contributed by atoms with Gasteiger partial charge in [-0.3, -0.25) is 10.1 Å². The van der Waals surface area contributed by atoms with Gasteiger partial charge in [-0.25, -0.2) is 0 Å². The summed E-state index contributed by atoms with van der Waals surface area (Å²) in [5.41, 5.74) is 5.87. The Morgan fingerprint density at radius 3 is 2.71 bits per heavy atom. The normalized spacial score (nSPS) is 10.9. The smallest absolute Gasteiger partial charge is 0.276 e. The van der Waals surface area contributed by atoms with E-state index in [2.05, 4.69) is 57.4 Å². The van der Waals surface area contributed by atoms with Crippen LogP contribution in [0.15, 0.2) is 53.3 Å². The largest absolute Gasteiger partial charge is 0.332 e. The zero-order valence-electron chi connectivity index (χ0n) is 13.3. The number of aromatic amines is 1. The molecule has 0 atom stereocenters. The third-order valence-corrected chi connectivity index (χ3v) is 3.96. The summed E-state index contributed by atoms with van der Waals surface area (Å²) in [4.78, 5) is 8.46. The van der Waals surface area contributed by atoms with Gasteiger partial charge in [-0.15, -0.1) is 0 Å². The minimum absolute atomic E-state index is 0.399. The minimum Gasteiger partial charge on any atom is -0.332 e. The monoisotopic (exact) mass is 317 g/mol. The Morgan fingerprint density at radius 1 is 1.00 bits per heavy atom. The van der Waals surface area contributed by atoms with Crippen LogP contribution in [-0.2, 0) is 0 Å². The van der Waals surface area contributed by atoms with Gasteiger partial charge in [0, 0.05) is 23.5 Å². The second-order valence-corrected chi connectivity index (χ2v) is 5.63. The van der Waals surface area contributed by atoms with Gasteiger partial charge in [0.1, 0.15) is 5.69 Å². The number of hydrogen-bond donors (Lipinski definition) is 1. The molecule has 0 amide bonds. The molecule has 6 heteroatoms. The molecule has 6 nitrogen and oxygen atoms in total. The van der Waals surface area contributed by atoms with Crippen molar-refractivity contribution in [1.82, 2.24) is 25.3 Å². The lowest BCUT2D eigenvalue weighted by atomic mass is 10.0. The van der Waals surface area contributed by atoms with Crippen molar-refractivity contribution < 1.29 is 4.52 Å². The molecular formula is C18H15N5O. The van der Waals surface area contributed by atoms with Crippen molar-refractivity contribution in [3.05, 3.63) is 59.9 Å². The third-order valence-electron chi connectivity index (χ3n) is 3.96. The van der Waals surface area contributed by atoms with Crippen LogP contribution in [0.25, 0.3) is 34.2 Å². The first-order valence-corrected chi connectivity index (χ1v) is 7.58. The molecule has 3 aromatic heterocycles. The maximum absolute atomic E-state index is 5.34. The van der Waals surface area contributed by atoms with Crippen molar-refractivity contribution in [3.8, 4) is 34.2 Å². The molecular weight excluding hydrogens is 302 g/mol. The zero-order chi connectivity index (χ0) is 16.5. The summed E-state index contributed by atoms with van der Waals surface area (Å²) in [7, 11) is 0. The predicted molar refractivity (Wildman–Crippen MR) is 90.0 cm³/mol. The van der Waals surface area contributed by atoms with E-state index in [9.17, 15) is 0 Å². The van der Waals surface area contributed by atoms with E-state index in [1.807, 2.05) is 18.2 Å². The summed E-state index contributed by atoms with van der Waals surface area (Å²) in [6.07, 6.45) is 3.40. The molecule has 4 rings (SSSR count). The number of nitrogens with zero attached hydrogens (tertiary/aromatic N) is 4. The van der Waals surface area contributed by atoms with Crippen LogP contribution >= 0.6 is 0 Å². The lowest BCUT2D eigenvalue weighted by Gasteiger charge is -2.01. The molecule has 24 heavy (non-hydrogen) atoms. The number of hydrogen-bond acceptors (Lipinski definition) is 5. The second-order valence-electron chi connectivity index (χ2n) is 5.63. The first-order chi connectivity index (χ1) is 11.7. The molecule has 118 valence electrons. The van der Waals surface area contributed by atoms with E-state index in [0.29, 0.717) is 17.4 Å². The SMILES string of the molecule is Cc1ccc(-c2cc(-c3nc(-c4cccnc4)no3)[nH]n2)cc1C. The Balaban J connectivity index is 1.66. The molecule has 0 saturated heterocycles. The predicted octanol–water partition coefficient (Wildman–Crippen LogP) is 3.81. The number of rotatable bonds is 3. The van der Waals surface area contributed by atoms with Gasteiger partial charge in [0.2, 0.25) is 5.82 Å². The Morgan fingerprint density at radius 2 is 1.92 bits per heavy atom. The summed E-state index contributed by atoms with van der Waals surface area (Å²) in [5, 5.41) is 11.3. The van der Waals surface area contributed by atoms with Crippen LogP contribution in [0.3, 0.4) is 0 Å². The molecule has 4 aromatic rings. The highest BCUT2D eigenvalue weighted by atomic mass is 16.5. The number of H-pyrrole nitrogens is 1. The van der Waals surface area contributed by atoms with Gasteiger partial charge >= 0.3 is 0 Å². The molecule has 0 spiro atoms.